The second-order valence-corrected chi connectivity index (χ2v) is 4.14. The van der Waals surface area contributed by atoms with E-state index < -0.39 is 5.82 Å². The van der Waals surface area contributed by atoms with Crippen molar-refractivity contribution < 1.29 is 18.3 Å². The maximum atomic E-state index is 13.7. The molecule has 0 unspecified atom stereocenters. The molecule has 0 saturated carbocycles. The maximum absolute atomic E-state index is 13.7. The Kier molecular flexibility index (Phi) is 3.28. The van der Waals surface area contributed by atoms with Crippen LogP contribution in [0.2, 0.25) is 0 Å². The van der Waals surface area contributed by atoms with E-state index in [1.807, 2.05) is 0 Å². The summed E-state index contributed by atoms with van der Waals surface area (Å²) >= 11 is 3.18. The molecule has 0 fully saturated rings. The van der Waals surface area contributed by atoms with Crippen molar-refractivity contribution in [2.24, 2.45) is 0 Å². The highest BCUT2D eigenvalue weighted by molar-refractivity contribution is 9.10. The van der Waals surface area contributed by atoms with Gasteiger partial charge in [-0.25, -0.2) is 4.39 Å². The molecule has 0 spiro atoms. The van der Waals surface area contributed by atoms with Crippen LogP contribution in [0.25, 0.3) is 11.3 Å². The van der Waals surface area contributed by atoms with E-state index >= 15 is 0 Å². The van der Waals surface area contributed by atoms with Crippen molar-refractivity contribution in [3.05, 3.63) is 40.3 Å². The molecule has 0 aliphatic carbocycles. The first-order chi connectivity index (χ1) is 8.15. The number of hydrogen-bond donors (Lipinski definition) is 0. The molecule has 0 amide bonds. The van der Waals surface area contributed by atoms with Gasteiger partial charge in [-0.2, -0.15) is 0 Å². The van der Waals surface area contributed by atoms with Crippen LogP contribution < -0.4 is 4.74 Å². The molecule has 17 heavy (non-hydrogen) atoms. The molecular weight excluding hydrogens is 291 g/mol. The number of methoxy groups -OCH3 is 1. The molecule has 0 saturated heterocycles. The standard InChI is InChI=1S/C12H8BrFO3/c1-16-12-4-8(10(14)5-9(12)13)11-3-2-7(6-15)17-11/h2-6H,1H3. The lowest BCUT2D eigenvalue weighted by Crippen LogP contribution is -1.89. The summed E-state index contributed by atoms with van der Waals surface area (Å²) in [5.74, 6) is 0.478. The fraction of sp³-hybridized carbons (Fsp3) is 0.0833. The molecule has 0 aliphatic heterocycles. The van der Waals surface area contributed by atoms with Crippen molar-refractivity contribution in [1.82, 2.24) is 0 Å². The molecule has 2 aromatic rings. The number of carbonyl (C=O) groups excluding carboxylic acids is 1. The number of benzene rings is 1. The summed E-state index contributed by atoms with van der Waals surface area (Å²) in [7, 11) is 1.49. The van der Waals surface area contributed by atoms with Crippen LogP contribution in [0.3, 0.4) is 0 Å². The van der Waals surface area contributed by atoms with E-state index in [1.54, 1.807) is 0 Å². The number of halogens is 2. The first-order valence-electron chi connectivity index (χ1n) is 4.74. The molecule has 3 nitrogen and oxygen atoms in total. The highest BCUT2D eigenvalue weighted by Crippen LogP contribution is 2.33. The third-order valence-electron chi connectivity index (χ3n) is 2.25. The Balaban J connectivity index is 2.54. The molecule has 1 aromatic carbocycles. The zero-order valence-electron chi connectivity index (χ0n) is 8.87. The van der Waals surface area contributed by atoms with Crippen LogP contribution in [0.1, 0.15) is 10.6 Å². The van der Waals surface area contributed by atoms with Crippen LogP contribution >= 0.6 is 15.9 Å². The summed E-state index contributed by atoms with van der Waals surface area (Å²) in [5.41, 5.74) is 0.248. The van der Waals surface area contributed by atoms with Crippen LogP contribution in [-0.4, -0.2) is 13.4 Å². The number of aldehydes is 1. The molecule has 0 atom stereocenters. The lowest BCUT2D eigenvalue weighted by atomic mass is 10.1. The van der Waals surface area contributed by atoms with Crippen molar-refractivity contribution in [2.45, 2.75) is 0 Å². The van der Waals surface area contributed by atoms with Gasteiger partial charge in [0.25, 0.3) is 0 Å². The normalized spacial score (nSPS) is 10.3. The molecule has 88 valence electrons. The van der Waals surface area contributed by atoms with Crippen LogP contribution in [0, 0.1) is 5.82 Å². The third-order valence-corrected chi connectivity index (χ3v) is 2.87. The third kappa shape index (κ3) is 2.24. The van der Waals surface area contributed by atoms with Gasteiger partial charge in [0.15, 0.2) is 12.0 Å². The van der Waals surface area contributed by atoms with Gasteiger partial charge < -0.3 is 9.15 Å². The summed E-state index contributed by atoms with van der Waals surface area (Å²) < 4.78 is 24.5. The van der Waals surface area contributed by atoms with Crippen molar-refractivity contribution in [1.29, 1.82) is 0 Å². The van der Waals surface area contributed by atoms with Crippen molar-refractivity contribution in [3.8, 4) is 17.1 Å². The largest absolute Gasteiger partial charge is 0.496 e. The zero-order chi connectivity index (χ0) is 12.4. The van der Waals surface area contributed by atoms with Gasteiger partial charge >= 0.3 is 0 Å². The van der Waals surface area contributed by atoms with E-state index in [0.29, 0.717) is 16.5 Å². The van der Waals surface area contributed by atoms with Gasteiger partial charge in [0, 0.05) is 0 Å². The van der Waals surface area contributed by atoms with Crippen molar-refractivity contribution in [3.63, 3.8) is 0 Å². The van der Waals surface area contributed by atoms with E-state index in [4.69, 9.17) is 9.15 Å². The quantitative estimate of drug-likeness (QED) is 0.812. The average molecular weight is 299 g/mol. The van der Waals surface area contributed by atoms with Crippen LogP contribution in [0.15, 0.2) is 33.2 Å². The highest BCUT2D eigenvalue weighted by Gasteiger charge is 2.13. The Morgan fingerprint density at radius 2 is 2.18 bits per heavy atom. The minimum absolute atomic E-state index is 0.154. The second-order valence-electron chi connectivity index (χ2n) is 3.29. The monoisotopic (exact) mass is 298 g/mol. The molecular formula is C12H8BrFO3. The topological polar surface area (TPSA) is 39.4 Å². The van der Waals surface area contributed by atoms with E-state index in [2.05, 4.69) is 15.9 Å². The summed E-state index contributed by atoms with van der Waals surface area (Å²) in [4.78, 5) is 10.5. The van der Waals surface area contributed by atoms with Gasteiger partial charge in [-0.15, -0.1) is 0 Å². The predicted molar refractivity (Wildman–Crippen MR) is 63.7 cm³/mol. The van der Waals surface area contributed by atoms with Gasteiger partial charge in [0.05, 0.1) is 17.1 Å². The van der Waals surface area contributed by atoms with Gasteiger partial charge in [0.1, 0.15) is 17.3 Å². The smallest absolute Gasteiger partial charge is 0.185 e. The van der Waals surface area contributed by atoms with E-state index in [0.717, 1.165) is 0 Å². The Labute approximate surface area is 105 Å². The first kappa shape index (κ1) is 11.9. The van der Waals surface area contributed by atoms with E-state index in [9.17, 15) is 9.18 Å². The summed E-state index contributed by atoms with van der Waals surface area (Å²) in [6.07, 6.45) is 0.567. The molecule has 0 radical (unpaired) electrons. The van der Waals surface area contributed by atoms with Gasteiger partial charge in [-0.1, -0.05) is 0 Å². The molecule has 0 N–H and O–H groups in total. The summed E-state index contributed by atoms with van der Waals surface area (Å²) in [5, 5.41) is 0. The van der Waals surface area contributed by atoms with Crippen LogP contribution in [-0.2, 0) is 0 Å². The van der Waals surface area contributed by atoms with Gasteiger partial charge in [0.2, 0.25) is 0 Å². The minimum atomic E-state index is -0.454. The number of rotatable bonds is 3. The van der Waals surface area contributed by atoms with Crippen molar-refractivity contribution in [2.75, 3.05) is 7.11 Å². The number of hydrogen-bond acceptors (Lipinski definition) is 3. The lowest BCUT2D eigenvalue weighted by molar-refractivity contribution is 0.110. The van der Waals surface area contributed by atoms with E-state index in [-0.39, 0.29) is 17.1 Å². The SMILES string of the molecule is COc1cc(-c2ccc(C=O)o2)c(F)cc1Br. The fourth-order valence-corrected chi connectivity index (χ4v) is 1.91. The Bertz CT molecular complexity index is 563. The molecule has 5 heteroatoms. The Morgan fingerprint density at radius 1 is 1.41 bits per heavy atom. The van der Waals surface area contributed by atoms with Gasteiger partial charge in [-0.05, 0) is 40.2 Å². The number of ether oxygens (including phenoxy) is 1. The highest BCUT2D eigenvalue weighted by atomic mass is 79.9. The second kappa shape index (κ2) is 4.71. The lowest BCUT2D eigenvalue weighted by Gasteiger charge is -2.06. The summed E-state index contributed by atoms with van der Waals surface area (Å²) in [6.45, 7) is 0. The van der Waals surface area contributed by atoms with E-state index in [1.165, 1.54) is 31.4 Å². The Hall–Kier alpha value is -1.62. The predicted octanol–water partition coefficient (Wildman–Crippen LogP) is 3.67. The zero-order valence-corrected chi connectivity index (χ0v) is 10.5. The fourth-order valence-electron chi connectivity index (χ4n) is 1.44. The molecule has 0 aliphatic rings. The first-order valence-corrected chi connectivity index (χ1v) is 5.53. The van der Waals surface area contributed by atoms with Gasteiger partial charge in [-0.3, -0.25) is 4.79 Å². The Morgan fingerprint density at radius 3 is 2.76 bits per heavy atom. The average Bonchev–Trinajstić information content (AvgIpc) is 2.78. The molecule has 1 heterocycles. The maximum Gasteiger partial charge on any atom is 0.185 e. The van der Waals surface area contributed by atoms with Crippen LogP contribution in [0.5, 0.6) is 5.75 Å². The number of furan rings is 1. The number of carbonyl (C=O) groups is 1. The molecule has 2 rings (SSSR count). The molecule has 0 bridgehead atoms. The summed E-state index contributed by atoms with van der Waals surface area (Å²) in [6, 6.07) is 5.82. The van der Waals surface area contributed by atoms with Crippen molar-refractivity contribution >= 4 is 22.2 Å². The molecule has 1 aromatic heterocycles. The minimum Gasteiger partial charge on any atom is -0.496 e. The van der Waals surface area contributed by atoms with Crippen LogP contribution in [0.4, 0.5) is 4.39 Å².